The van der Waals surface area contributed by atoms with Crippen LogP contribution in [0.2, 0.25) is 0 Å². The molecule has 0 aliphatic heterocycles. The minimum atomic E-state index is -0.977. The van der Waals surface area contributed by atoms with E-state index < -0.39 is 11.8 Å². The molecule has 0 saturated carbocycles. The molecule has 2 aromatic carbocycles. The second-order valence-corrected chi connectivity index (χ2v) is 5.63. The zero-order chi connectivity index (χ0) is 19.9. The van der Waals surface area contributed by atoms with Crippen LogP contribution in [0.5, 0.6) is 5.75 Å². The molecule has 2 N–H and O–H groups in total. The summed E-state index contributed by atoms with van der Waals surface area (Å²) in [6.07, 6.45) is 2.36. The van der Waals surface area contributed by atoms with Crippen molar-refractivity contribution in [2.45, 2.75) is 6.92 Å². The molecular formula is C20H17N3O5. The van der Waals surface area contributed by atoms with Gasteiger partial charge in [-0.1, -0.05) is 12.1 Å². The minimum absolute atomic E-state index is 0.144. The van der Waals surface area contributed by atoms with Gasteiger partial charge in [0.15, 0.2) is 0 Å². The third kappa shape index (κ3) is 4.42. The Morgan fingerprint density at radius 1 is 1.11 bits per heavy atom. The lowest BCUT2D eigenvalue weighted by molar-refractivity contribution is -0.136. The lowest BCUT2D eigenvalue weighted by Crippen LogP contribution is -2.32. The molecule has 0 atom stereocenters. The standard InChI is InChI=1S/C20H17N3O5/c1-2-27-15-9-7-14(8-10-15)22-19(25)20(26)23-21-11-13-12-28-17-6-4-3-5-16(17)18(13)24/h3-12H,2H2,1H3,(H,22,25)(H,23,26). The van der Waals surface area contributed by atoms with E-state index in [2.05, 4.69) is 15.8 Å². The number of hydrazone groups is 1. The van der Waals surface area contributed by atoms with Crippen LogP contribution in [0.4, 0.5) is 5.69 Å². The zero-order valence-electron chi connectivity index (χ0n) is 15.0. The number of anilines is 1. The van der Waals surface area contributed by atoms with Crippen LogP contribution in [-0.4, -0.2) is 24.6 Å². The Bertz CT molecular complexity index is 1090. The van der Waals surface area contributed by atoms with E-state index in [0.717, 1.165) is 6.21 Å². The Labute approximate surface area is 159 Å². The number of fused-ring (bicyclic) bond motifs is 1. The normalized spacial score (nSPS) is 10.8. The van der Waals surface area contributed by atoms with Crippen molar-refractivity contribution in [2.75, 3.05) is 11.9 Å². The van der Waals surface area contributed by atoms with Crippen molar-refractivity contribution in [2.24, 2.45) is 5.10 Å². The maximum atomic E-state index is 12.3. The molecule has 8 heteroatoms. The van der Waals surface area contributed by atoms with Crippen LogP contribution in [0.15, 0.2) is 69.1 Å². The molecule has 0 bridgehead atoms. The largest absolute Gasteiger partial charge is 0.494 e. The van der Waals surface area contributed by atoms with E-state index >= 15 is 0 Å². The highest BCUT2D eigenvalue weighted by Crippen LogP contribution is 2.15. The van der Waals surface area contributed by atoms with Crippen LogP contribution in [0.1, 0.15) is 12.5 Å². The van der Waals surface area contributed by atoms with Crippen molar-refractivity contribution in [3.63, 3.8) is 0 Å². The van der Waals surface area contributed by atoms with E-state index in [1.807, 2.05) is 6.92 Å². The van der Waals surface area contributed by atoms with Crippen LogP contribution < -0.4 is 20.9 Å². The summed E-state index contributed by atoms with van der Waals surface area (Å²) in [6.45, 7) is 2.39. The average Bonchev–Trinajstić information content (AvgIpc) is 2.71. The van der Waals surface area contributed by atoms with Crippen molar-refractivity contribution >= 4 is 34.7 Å². The lowest BCUT2D eigenvalue weighted by Gasteiger charge is -2.06. The molecule has 3 rings (SSSR count). The molecule has 0 unspecified atom stereocenters. The summed E-state index contributed by atoms with van der Waals surface area (Å²) in [6, 6.07) is 13.3. The number of nitrogens with zero attached hydrogens (tertiary/aromatic N) is 1. The molecule has 8 nitrogen and oxygen atoms in total. The number of para-hydroxylation sites is 1. The fourth-order valence-corrected chi connectivity index (χ4v) is 2.38. The van der Waals surface area contributed by atoms with Crippen molar-refractivity contribution in [1.82, 2.24) is 5.43 Å². The van der Waals surface area contributed by atoms with E-state index in [-0.39, 0.29) is 11.0 Å². The van der Waals surface area contributed by atoms with Gasteiger partial charge < -0.3 is 14.5 Å². The highest BCUT2D eigenvalue weighted by molar-refractivity contribution is 6.39. The number of nitrogens with one attached hydrogen (secondary N) is 2. The van der Waals surface area contributed by atoms with Crippen molar-refractivity contribution in [3.8, 4) is 5.75 Å². The molecule has 1 aromatic heterocycles. The average molecular weight is 379 g/mol. The van der Waals surface area contributed by atoms with Crippen molar-refractivity contribution < 1.29 is 18.7 Å². The first-order valence-electron chi connectivity index (χ1n) is 8.46. The van der Waals surface area contributed by atoms with E-state index in [0.29, 0.717) is 29.0 Å². The number of benzene rings is 2. The van der Waals surface area contributed by atoms with Gasteiger partial charge in [-0.2, -0.15) is 5.10 Å². The Hall–Kier alpha value is -3.94. The fraction of sp³-hybridized carbons (Fsp3) is 0.100. The van der Waals surface area contributed by atoms with Gasteiger partial charge in [-0.25, -0.2) is 5.43 Å². The molecule has 0 aliphatic carbocycles. The number of rotatable bonds is 5. The van der Waals surface area contributed by atoms with Gasteiger partial charge in [0, 0.05) is 5.69 Å². The first-order valence-corrected chi connectivity index (χ1v) is 8.46. The summed E-state index contributed by atoms with van der Waals surface area (Å²) in [7, 11) is 0. The van der Waals surface area contributed by atoms with Gasteiger partial charge in [-0.15, -0.1) is 0 Å². The van der Waals surface area contributed by atoms with Crippen LogP contribution in [0.25, 0.3) is 11.0 Å². The fourth-order valence-electron chi connectivity index (χ4n) is 2.38. The van der Waals surface area contributed by atoms with Gasteiger partial charge >= 0.3 is 11.8 Å². The van der Waals surface area contributed by atoms with Gasteiger partial charge in [-0.05, 0) is 43.3 Å². The monoisotopic (exact) mass is 379 g/mol. The summed E-state index contributed by atoms with van der Waals surface area (Å²) in [5.41, 5.74) is 2.80. The molecule has 0 aliphatic rings. The summed E-state index contributed by atoms with van der Waals surface area (Å²) in [4.78, 5) is 36.0. The highest BCUT2D eigenvalue weighted by Gasteiger charge is 2.13. The van der Waals surface area contributed by atoms with Crippen molar-refractivity contribution in [1.29, 1.82) is 0 Å². The summed E-state index contributed by atoms with van der Waals surface area (Å²) >= 11 is 0. The molecule has 0 spiro atoms. The number of amides is 2. The number of ether oxygens (including phenoxy) is 1. The molecule has 1 heterocycles. The van der Waals surface area contributed by atoms with Gasteiger partial charge in [0.05, 0.1) is 23.8 Å². The number of carbonyl (C=O) groups excluding carboxylic acids is 2. The Kier molecular flexibility index (Phi) is 5.81. The van der Waals surface area contributed by atoms with E-state index in [1.165, 1.54) is 6.26 Å². The van der Waals surface area contributed by atoms with Crippen LogP contribution >= 0.6 is 0 Å². The van der Waals surface area contributed by atoms with Crippen LogP contribution in [0, 0.1) is 0 Å². The number of hydrogen-bond acceptors (Lipinski definition) is 6. The summed E-state index contributed by atoms with van der Waals surface area (Å²) in [5, 5.41) is 6.47. The second kappa shape index (κ2) is 8.63. The predicted octanol–water partition coefficient (Wildman–Crippen LogP) is 2.28. The van der Waals surface area contributed by atoms with Gasteiger partial charge in [-0.3, -0.25) is 14.4 Å². The lowest BCUT2D eigenvalue weighted by atomic mass is 10.2. The molecule has 142 valence electrons. The van der Waals surface area contributed by atoms with E-state index in [9.17, 15) is 14.4 Å². The third-order valence-corrected chi connectivity index (χ3v) is 3.71. The quantitative estimate of drug-likeness (QED) is 0.401. The zero-order valence-corrected chi connectivity index (χ0v) is 15.0. The Morgan fingerprint density at radius 3 is 2.61 bits per heavy atom. The SMILES string of the molecule is CCOc1ccc(NC(=O)C(=O)NN=Cc2coc3ccccc3c2=O)cc1. The second-order valence-electron chi connectivity index (χ2n) is 5.63. The maximum Gasteiger partial charge on any atom is 0.329 e. The predicted molar refractivity (Wildman–Crippen MR) is 104 cm³/mol. The Morgan fingerprint density at radius 2 is 1.86 bits per heavy atom. The van der Waals surface area contributed by atoms with Crippen molar-refractivity contribution in [3.05, 3.63) is 70.6 Å². The highest BCUT2D eigenvalue weighted by atomic mass is 16.5. The Balaban J connectivity index is 1.61. The first-order chi connectivity index (χ1) is 13.6. The topological polar surface area (TPSA) is 110 Å². The molecule has 28 heavy (non-hydrogen) atoms. The van der Waals surface area contributed by atoms with E-state index in [4.69, 9.17) is 9.15 Å². The molecule has 3 aromatic rings. The van der Waals surface area contributed by atoms with Gasteiger partial charge in [0.1, 0.15) is 17.6 Å². The molecular weight excluding hydrogens is 362 g/mol. The first kappa shape index (κ1) is 18.8. The van der Waals surface area contributed by atoms with E-state index in [1.54, 1.807) is 48.5 Å². The van der Waals surface area contributed by atoms with Gasteiger partial charge in [0.2, 0.25) is 5.43 Å². The molecule has 0 radical (unpaired) electrons. The molecule has 2 amide bonds. The summed E-state index contributed by atoms with van der Waals surface area (Å²) < 4.78 is 10.6. The van der Waals surface area contributed by atoms with Crippen LogP contribution in [-0.2, 0) is 9.59 Å². The van der Waals surface area contributed by atoms with Crippen LogP contribution in [0.3, 0.4) is 0 Å². The summed E-state index contributed by atoms with van der Waals surface area (Å²) in [5.74, 6) is -1.22. The third-order valence-electron chi connectivity index (χ3n) is 3.71. The minimum Gasteiger partial charge on any atom is -0.494 e. The molecule has 0 fully saturated rings. The number of carbonyl (C=O) groups is 2. The smallest absolute Gasteiger partial charge is 0.329 e. The van der Waals surface area contributed by atoms with Gasteiger partial charge in [0.25, 0.3) is 0 Å². The maximum absolute atomic E-state index is 12.3. The molecule has 0 saturated heterocycles. The number of hydrogen-bond donors (Lipinski definition) is 2.